The lowest BCUT2D eigenvalue weighted by molar-refractivity contribution is 0.0722. The van der Waals surface area contributed by atoms with Crippen LogP contribution in [0.5, 0.6) is 5.75 Å². The lowest BCUT2D eigenvalue weighted by atomic mass is 9.98. The van der Waals surface area contributed by atoms with Gasteiger partial charge in [0.15, 0.2) is 5.43 Å². The number of hydrogen-bond donors (Lipinski definition) is 0. The number of amides is 1. The Labute approximate surface area is 198 Å². The fourth-order valence-corrected chi connectivity index (χ4v) is 4.44. The van der Waals surface area contributed by atoms with Crippen molar-refractivity contribution in [3.8, 4) is 5.75 Å². The van der Waals surface area contributed by atoms with Crippen LogP contribution in [0.2, 0.25) is 5.02 Å². The Morgan fingerprint density at radius 3 is 2.48 bits per heavy atom. The molecule has 1 amide bonds. The highest BCUT2D eigenvalue weighted by Gasteiger charge is 2.42. The summed E-state index contributed by atoms with van der Waals surface area (Å²) < 4.78 is 11.8. The van der Waals surface area contributed by atoms with E-state index in [9.17, 15) is 9.59 Å². The molecule has 174 valence electrons. The van der Waals surface area contributed by atoms with Crippen molar-refractivity contribution < 1.29 is 13.9 Å². The monoisotopic (exact) mass is 468 g/mol. The van der Waals surface area contributed by atoms with E-state index in [1.165, 1.54) is 0 Å². The minimum absolute atomic E-state index is 0.0544. The summed E-state index contributed by atoms with van der Waals surface area (Å²) in [5, 5.41) is 0.880. The maximum absolute atomic E-state index is 13.6. The number of rotatable bonds is 7. The number of carbonyl (C=O) groups excluding carboxylic acids is 1. The molecule has 1 aliphatic rings. The fourth-order valence-electron chi connectivity index (χ4n) is 4.28. The molecular formula is C26H29ClN2O4. The van der Waals surface area contributed by atoms with Gasteiger partial charge in [-0.15, -0.1) is 0 Å². The molecule has 3 aromatic rings. The highest BCUT2D eigenvalue weighted by atomic mass is 35.5. The number of fused-ring (bicyclic) bond motifs is 2. The topological polar surface area (TPSA) is 63.0 Å². The van der Waals surface area contributed by atoms with E-state index in [-0.39, 0.29) is 23.2 Å². The van der Waals surface area contributed by atoms with E-state index in [2.05, 4.69) is 4.90 Å². The van der Waals surface area contributed by atoms with Crippen LogP contribution in [-0.4, -0.2) is 49.0 Å². The molecular weight excluding hydrogens is 440 g/mol. The van der Waals surface area contributed by atoms with Crippen molar-refractivity contribution in [1.82, 2.24) is 9.80 Å². The first-order valence-corrected chi connectivity index (χ1v) is 11.5. The van der Waals surface area contributed by atoms with Crippen LogP contribution in [0.3, 0.4) is 0 Å². The Morgan fingerprint density at radius 2 is 1.85 bits per heavy atom. The lowest BCUT2D eigenvalue weighted by Gasteiger charge is -2.26. The Kier molecular flexibility index (Phi) is 6.50. The molecule has 2 aromatic carbocycles. The summed E-state index contributed by atoms with van der Waals surface area (Å²) >= 11 is 6.30. The minimum atomic E-state index is -0.525. The molecule has 0 N–H and O–H groups in total. The molecule has 6 nitrogen and oxygen atoms in total. The predicted octanol–water partition coefficient (Wildman–Crippen LogP) is 5.04. The zero-order valence-electron chi connectivity index (χ0n) is 19.6. The number of carbonyl (C=O) groups is 1. The summed E-state index contributed by atoms with van der Waals surface area (Å²) in [6.45, 7) is 7.11. The fraction of sp³-hybridized carbons (Fsp3) is 0.385. The molecule has 1 aliphatic heterocycles. The van der Waals surface area contributed by atoms with Crippen LogP contribution >= 0.6 is 11.6 Å². The standard InChI is InChI=1S/C26H29ClN2O4/c1-15(2)32-18-9-7-17(8-10-18)23-22-24(30)19-14-20(27)16(3)13-21(19)33-25(22)26(31)29(23)12-6-11-28(4)5/h7-10,13-15,23H,6,11-12H2,1-5H3. The zero-order valence-corrected chi connectivity index (χ0v) is 20.4. The summed E-state index contributed by atoms with van der Waals surface area (Å²) in [6.07, 6.45) is 0.829. The molecule has 0 bridgehead atoms. The van der Waals surface area contributed by atoms with Crippen molar-refractivity contribution in [2.24, 2.45) is 0 Å². The van der Waals surface area contributed by atoms with E-state index in [0.717, 1.165) is 29.8 Å². The van der Waals surface area contributed by atoms with Gasteiger partial charge in [0, 0.05) is 11.6 Å². The van der Waals surface area contributed by atoms with Gasteiger partial charge in [-0.2, -0.15) is 0 Å². The van der Waals surface area contributed by atoms with Gasteiger partial charge in [0.2, 0.25) is 5.76 Å². The van der Waals surface area contributed by atoms with Crippen LogP contribution in [0.15, 0.2) is 45.6 Å². The largest absolute Gasteiger partial charge is 0.491 e. The van der Waals surface area contributed by atoms with Gasteiger partial charge in [-0.3, -0.25) is 9.59 Å². The number of halogens is 1. The van der Waals surface area contributed by atoms with Gasteiger partial charge in [-0.25, -0.2) is 0 Å². The normalized spacial score (nSPS) is 15.7. The van der Waals surface area contributed by atoms with Gasteiger partial charge in [-0.05, 0) is 83.2 Å². The molecule has 2 heterocycles. The second kappa shape index (κ2) is 9.20. The van der Waals surface area contributed by atoms with E-state index in [1.807, 2.05) is 59.1 Å². The number of aryl methyl sites for hydroxylation is 1. The number of nitrogens with zero attached hydrogens (tertiary/aromatic N) is 2. The predicted molar refractivity (Wildman–Crippen MR) is 130 cm³/mol. The lowest BCUT2D eigenvalue weighted by Crippen LogP contribution is -2.32. The minimum Gasteiger partial charge on any atom is -0.491 e. The van der Waals surface area contributed by atoms with E-state index < -0.39 is 6.04 Å². The highest BCUT2D eigenvalue weighted by molar-refractivity contribution is 6.32. The summed E-state index contributed by atoms with van der Waals surface area (Å²) in [4.78, 5) is 30.9. The zero-order chi connectivity index (χ0) is 23.9. The first kappa shape index (κ1) is 23.3. The quantitative estimate of drug-likeness (QED) is 0.486. The van der Waals surface area contributed by atoms with Crippen molar-refractivity contribution >= 4 is 28.5 Å². The first-order chi connectivity index (χ1) is 15.7. The number of hydrogen-bond acceptors (Lipinski definition) is 5. The Bertz CT molecular complexity index is 1250. The smallest absolute Gasteiger partial charge is 0.290 e. The van der Waals surface area contributed by atoms with Crippen LogP contribution in [-0.2, 0) is 0 Å². The van der Waals surface area contributed by atoms with E-state index >= 15 is 0 Å². The van der Waals surface area contributed by atoms with E-state index in [0.29, 0.717) is 28.1 Å². The second-order valence-electron chi connectivity index (χ2n) is 9.07. The van der Waals surface area contributed by atoms with E-state index in [4.69, 9.17) is 20.8 Å². The van der Waals surface area contributed by atoms with Gasteiger partial charge < -0.3 is 19.0 Å². The molecule has 1 unspecified atom stereocenters. The maximum atomic E-state index is 13.6. The molecule has 7 heteroatoms. The maximum Gasteiger partial charge on any atom is 0.290 e. The molecule has 0 saturated heterocycles. The van der Waals surface area contributed by atoms with Crippen molar-refractivity contribution in [3.05, 3.63) is 74.1 Å². The summed E-state index contributed by atoms with van der Waals surface area (Å²) in [6, 6.07) is 10.4. The average Bonchev–Trinajstić information content (AvgIpc) is 3.02. The molecule has 4 rings (SSSR count). The van der Waals surface area contributed by atoms with Crippen LogP contribution < -0.4 is 10.2 Å². The SMILES string of the molecule is Cc1cc2oc3c(c(=O)c2cc1Cl)C(c1ccc(OC(C)C)cc1)N(CCCN(C)C)C3=O. The van der Waals surface area contributed by atoms with Crippen molar-refractivity contribution in [2.75, 3.05) is 27.2 Å². The van der Waals surface area contributed by atoms with E-state index in [1.54, 1.807) is 17.0 Å². The van der Waals surface area contributed by atoms with Gasteiger partial charge >= 0.3 is 0 Å². The molecule has 33 heavy (non-hydrogen) atoms. The third-order valence-corrected chi connectivity index (χ3v) is 6.23. The van der Waals surface area contributed by atoms with Gasteiger partial charge in [-0.1, -0.05) is 23.7 Å². The summed E-state index contributed by atoms with van der Waals surface area (Å²) in [7, 11) is 3.99. The molecule has 0 spiro atoms. The summed E-state index contributed by atoms with van der Waals surface area (Å²) in [5.41, 5.74) is 2.16. The Morgan fingerprint density at radius 1 is 1.15 bits per heavy atom. The Balaban J connectivity index is 1.84. The third-order valence-electron chi connectivity index (χ3n) is 5.82. The molecule has 1 aromatic heterocycles. The second-order valence-corrected chi connectivity index (χ2v) is 9.47. The van der Waals surface area contributed by atoms with Crippen molar-refractivity contribution in [1.29, 1.82) is 0 Å². The van der Waals surface area contributed by atoms with Crippen LogP contribution in [0.4, 0.5) is 0 Å². The van der Waals surface area contributed by atoms with Gasteiger partial charge in [0.25, 0.3) is 5.91 Å². The summed E-state index contributed by atoms with van der Waals surface area (Å²) in [5.74, 6) is 0.597. The van der Waals surface area contributed by atoms with Crippen molar-refractivity contribution in [2.45, 2.75) is 39.3 Å². The van der Waals surface area contributed by atoms with Gasteiger partial charge in [0.05, 0.1) is 23.1 Å². The van der Waals surface area contributed by atoms with Gasteiger partial charge in [0.1, 0.15) is 11.3 Å². The Hall–Kier alpha value is -2.83. The number of ether oxygens (including phenoxy) is 1. The molecule has 0 saturated carbocycles. The van der Waals surface area contributed by atoms with Crippen LogP contribution in [0, 0.1) is 6.92 Å². The number of benzene rings is 2. The molecule has 0 fully saturated rings. The molecule has 0 aliphatic carbocycles. The van der Waals surface area contributed by atoms with Crippen LogP contribution in [0.25, 0.3) is 11.0 Å². The molecule has 1 atom stereocenters. The highest BCUT2D eigenvalue weighted by Crippen LogP contribution is 2.39. The average molecular weight is 469 g/mol. The molecule has 0 radical (unpaired) electrons. The van der Waals surface area contributed by atoms with Crippen molar-refractivity contribution in [3.63, 3.8) is 0 Å². The third kappa shape index (κ3) is 4.50. The van der Waals surface area contributed by atoms with Crippen LogP contribution in [0.1, 0.15) is 53.6 Å². The first-order valence-electron chi connectivity index (χ1n) is 11.2.